The zero-order valence-electron chi connectivity index (χ0n) is 12.4. The maximum absolute atomic E-state index is 12.6. The molecular weight excluding hydrogens is 274 g/mol. The van der Waals surface area contributed by atoms with Gasteiger partial charge in [0.1, 0.15) is 0 Å². The van der Waals surface area contributed by atoms with Crippen LogP contribution in [-0.2, 0) is 4.79 Å². The molecule has 1 aromatic rings. The summed E-state index contributed by atoms with van der Waals surface area (Å²) < 4.78 is 10.4. The second-order valence-electron chi connectivity index (χ2n) is 5.38. The van der Waals surface area contributed by atoms with Crippen molar-refractivity contribution in [3.63, 3.8) is 0 Å². The normalized spacial score (nSPS) is 21.2. The molecule has 1 amide bonds. The van der Waals surface area contributed by atoms with Crippen molar-refractivity contribution in [2.75, 3.05) is 27.3 Å². The number of benzene rings is 1. The molecule has 1 heterocycles. The molecule has 6 heteroatoms. The molecule has 0 spiro atoms. The Kier molecular flexibility index (Phi) is 4.06. The molecule has 1 atom stereocenters. The summed E-state index contributed by atoms with van der Waals surface area (Å²) in [4.78, 5) is 25.4. The number of hydrogen-bond donors (Lipinski definition) is 1. The average molecular weight is 293 g/mol. The highest BCUT2D eigenvalue weighted by Gasteiger charge is 2.42. The number of likely N-dealkylation sites (tertiary alicyclic amines) is 1. The maximum Gasteiger partial charge on any atom is 0.311 e. The van der Waals surface area contributed by atoms with E-state index in [1.165, 1.54) is 14.2 Å². The van der Waals surface area contributed by atoms with Crippen molar-refractivity contribution in [2.24, 2.45) is 5.41 Å². The van der Waals surface area contributed by atoms with Gasteiger partial charge in [0.05, 0.1) is 25.2 Å². The SMILES string of the molecule is COc1cccc(C(=O)N2CCC(C)(C(=O)O)C2)c1OC. The van der Waals surface area contributed by atoms with Gasteiger partial charge in [0.15, 0.2) is 11.5 Å². The largest absolute Gasteiger partial charge is 0.493 e. The minimum absolute atomic E-state index is 0.196. The van der Waals surface area contributed by atoms with E-state index in [2.05, 4.69) is 0 Å². The van der Waals surface area contributed by atoms with Gasteiger partial charge in [-0.3, -0.25) is 9.59 Å². The van der Waals surface area contributed by atoms with E-state index in [1.54, 1.807) is 30.0 Å². The molecule has 0 radical (unpaired) electrons. The van der Waals surface area contributed by atoms with E-state index in [1.807, 2.05) is 0 Å². The zero-order chi connectivity index (χ0) is 15.6. The Labute approximate surface area is 123 Å². The van der Waals surface area contributed by atoms with Crippen LogP contribution in [-0.4, -0.2) is 49.2 Å². The molecule has 2 rings (SSSR count). The molecule has 1 N–H and O–H groups in total. The van der Waals surface area contributed by atoms with Crippen LogP contribution in [0.2, 0.25) is 0 Å². The number of carbonyl (C=O) groups is 2. The molecular formula is C15H19NO5. The third kappa shape index (κ3) is 2.66. The molecule has 1 unspecified atom stereocenters. The first kappa shape index (κ1) is 15.2. The number of carboxylic acids is 1. The molecule has 0 bridgehead atoms. The first-order valence-corrected chi connectivity index (χ1v) is 6.66. The second kappa shape index (κ2) is 5.63. The summed E-state index contributed by atoms with van der Waals surface area (Å²) in [6.07, 6.45) is 0.445. The Balaban J connectivity index is 2.28. The standard InChI is InChI=1S/C15H19NO5/c1-15(14(18)19)7-8-16(9-15)13(17)10-5-4-6-11(20-2)12(10)21-3/h4-6H,7-9H2,1-3H3,(H,18,19). The molecule has 6 nitrogen and oxygen atoms in total. The number of carbonyl (C=O) groups excluding carboxylic acids is 1. The molecule has 1 aromatic carbocycles. The summed E-state index contributed by atoms with van der Waals surface area (Å²) in [7, 11) is 2.98. The van der Waals surface area contributed by atoms with E-state index in [4.69, 9.17) is 9.47 Å². The molecule has 0 aliphatic carbocycles. The van der Waals surface area contributed by atoms with Gasteiger partial charge in [0, 0.05) is 13.1 Å². The van der Waals surface area contributed by atoms with Crippen molar-refractivity contribution in [3.05, 3.63) is 23.8 Å². The van der Waals surface area contributed by atoms with E-state index < -0.39 is 11.4 Å². The van der Waals surface area contributed by atoms with Crippen LogP contribution in [0.25, 0.3) is 0 Å². The monoisotopic (exact) mass is 293 g/mol. The number of ether oxygens (including phenoxy) is 2. The van der Waals surface area contributed by atoms with Gasteiger partial charge in [-0.2, -0.15) is 0 Å². The number of amides is 1. The van der Waals surface area contributed by atoms with Gasteiger partial charge in [0.2, 0.25) is 0 Å². The van der Waals surface area contributed by atoms with Crippen molar-refractivity contribution in [2.45, 2.75) is 13.3 Å². The molecule has 0 aromatic heterocycles. The Morgan fingerprint density at radius 1 is 1.29 bits per heavy atom. The zero-order valence-corrected chi connectivity index (χ0v) is 12.4. The third-order valence-electron chi connectivity index (χ3n) is 3.91. The molecule has 1 saturated heterocycles. The number of para-hydroxylation sites is 1. The third-order valence-corrected chi connectivity index (χ3v) is 3.91. The number of methoxy groups -OCH3 is 2. The summed E-state index contributed by atoms with van der Waals surface area (Å²) in [5, 5.41) is 9.24. The van der Waals surface area contributed by atoms with E-state index in [9.17, 15) is 14.7 Å². The number of rotatable bonds is 4. The van der Waals surface area contributed by atoms with Crippen molar-refractivity contribution in [1.29, 1.82) is 0 Å². The van der Waals surface area contributed by atoms with Gasteiger partial charge in [-0.1, -0.05) is 6.07 Å². The molecule has 1 aliphatic heterocycles. The fourth-order valence-electron chi connectivity index (χ4n) is 2.53. The highest BCUT2D eigenvalue weighted by Crippen LogP contribution is 2.35. The summed E-state index contributed by atoms with van der Waals surface area (Å²) in [5.41, 5.74) is -0.506. The van der Waals surface area contributed by atoms with Gasteiger partial charge in [0.25, 0.3) is 5.91 Å². The molecule has 0 saturated carbocycles. The van der Waals surface area contributed by atoms with Crippen LogP contribution in [0.4, 0.5) is 0 Å². The topological polar surface area (TPSA) is 76.1 Å². The Morgan fingerprint density at radius 3 is 2.52 bits per heavy atom. The van der Waals surface area contributed by atoms with Crippen LogP contribution in [0.5, 0.6) is 11.5 Å². The van der Waals surface area contributed by atoms with Crippen LogP contribution in [0.1, 0.15) is 23.7 Å². The number of nitrogens with zero attached hydrogens (tertiary/aromatic N) is 1. The van der Waals surface area contributed by atoms with E-state index in [0.717, 1.165) is 0 Å². The van der Waals surface area contributed by atoms with Crippen LogP contribution >= 0.6 is 0 Å². The smallest absolute Gasteiger partial charge is 0.311 e. The van der Waals surface area contributed by atoms with E-state index >= 15 is 0 Å². The number of carboxylic acid groups (broad SMARTS) is 1. The lowest BCUT2D eigenvalue weighted by Gasteiger charge is -2.21. The number of aliphatic carboxylic acids is 1. The van der Waals surface area contributed by atoms with E-state index in [-0.39, 0.29) is 12.5 Å². The molecule has 114 valence electrons. The Morgan fingerprint density at radius 2 is 2.00 bits per heavy atom. The highest BCUT2D eigenvalue weighted by atomic mass is 16.5. The van der Waals surface area contributed by atoms with Gasteiger partial charge in [-0.05, 0) is 25.5 Å². The minimum atomic E-state index is -0.887. The van der Waals surface area contributed by atoms with E-state index in [0.29, 0.717) is 30.0 Å². The lowest BCUT2D eigenvalue weighted by atomic mass is 9.90. The van der Waals surface area contributed by atoms with Gasteiger partial charge >= 0.3 is 5.97 Å². The predicted molar refractivity (Wildman–Crippen MR) is 75.8 cm³/mol. The summed E-state index contributed by atoms with van der Waals surface area (Å²) >= 11 is 0. The number of hydrogen-bond acceptors (Lipinski definition) is 4. The van der Waals surface area contributed by atoms with Crippen molar-refractivity contribution in [1.82, 2.24) is 4.90 Å². The summed E-state index contributed by atoms with van der Waals surface area (Å²) in [5.74, 6) is -0.274. The second-order valence-corrected chi connectivity index (χ2v) is 5.38. The lowest BCUT2D eigenvalue weighted by molar-refractivity contribution is -0.147. The average Bonchev–Trinajstić information content (AvgIpc) is 2.89. The quantitative estimate of drug-likeness (QED) is 0.913. The Hall–Kier alpha value is -2.24. The fourth-order valence-corrected chi connectivity index (χ4v) is 2.53. The van der Waals surface area contributed by atoms with Gasteiger partial charge in [-0.15, -0.1) is 0 Å². The van der Waals surface area contributed by atoms with Crippen molar-refractivity contribution >= 4 is 11.9 Å². The predicted octanol–water partition coefficient (Wildman–Crippen LogP) is 1.64. The molecule has 1 fully saturated rings. The maximum atomic E-state index is 12.6. The van der Waals surface area contributed by atoms with Crippen molar-refractivity contribution < 1.29 is 24.2 Å². The fraction of sp³-hybridized carbons (Fsp3) is 0.467. The van der Waals surface area contributed by atoms with Crippen LogP contribution in [0.15, 0.2) is 18.2 Å². The molecule has 1 aliphatic rings. The summed E-state index contributed by atoms with van der Waals surface area (Å²) in [6, 6.07) is 5.07. The van der Waals surface area contributed by atoms with Crippen molar-refractivity contribution in [3.8, 4) is 11.5 Å². The first-order chi connectivity index (χ1) is 9.92. The van der Waals surface area contributed by atoms with Crippen LogP contribution in [0, 0.1) is 5.41 Å². The molecule has 21 heavy (non-hydrogen) atoms. The first-order valence-electron chi connectivity index (χ1n) is 6.66. The lowest BCUT2D eigenvalue weighted by Crippen LogP contribution is -2.35. The highest BCUT2D eigenvalue weighted by molar-refractivity contribution is 5.98. The van der Waals surface area contributed by atoms with Gasteiger partial charge in [-0.25, -0.2) is 0 Å². The summed E-state index contributed by atoms with van der Waals surface area (Å²) in [6.45, 7) is 2.27. The van der Waals surface area contributed by atoms with Crippen LogP contribution < -0.4 is 9.47 Å². The Bertz CT molecular complexity index is 571. The van der Waals surface area contributed by atoms with Crippen LogP contribution in [0.3, 0.4) is 0 Å². The van der Waals surface area contributed by atoms with Gasteiger partial charge < -0.3 is 19.5 Å². The minimum Gasteiger partial charge on any atom is -0.493 e.